The molecule has 0 spiro atoms. The number of anilines is 2. The molecular weight excluding hydrogens is 361 g/mol. The van der Waals surface area contributed by atoms with E-state index in [0.717, 1.165) is 25.3 Å². The van der Waals surface area contributed by atoms with Gasteiger partial charge in [-0.3, -0.25) is 9.88 Å². The number of carbonyl (C=O) groups excluding carboxylic acids is 1. The van der Waals surface area contributed by atoms with Crippen LogP contribution in [-0.4, -0.2) is 55.3 Å². The molecule has 0 saturated carbocycles. The standard InChI is InChI=1S/C20H26FN5O2/c1-14-6-7-16(10-23-14)24-20(27)25-18-5-3-4-15(19(18)21)11-26-9-8-22-17(12-26)13-28-2/h3-7,10,17,22H,8-9,11-13H2,1-2H3,(H2,24,25,27)/t17-/m0/s1. The van der Waals surface area contributed by atoms with Gasteiger partial charge in [-0.1, -0.05) is 12.1 Å². The number of rotatable bonds is 6. The number of ether oxygens (including phenoxy) is 1. The van der Waals surface area contributed by atoms with Crippen LogP contribution in [0.4, 0.5) is 20.6 Å². The maximum atomic E-state index is 14.9. The van der Waals surface area contributed by atoms with Crippen molar-refractivity contribution in [3.63, 3.8) is 0 Å². The van der Waals surface area contributed by atoms with Gasteiger partial charge in [-0.2, -0.15) is 0 Å². The number of nitrogens with one attached hydrogen (secondary N) is 3. The molecule has 150 valence electrons. The lowest BCUT2D eigenvalue weighted by atomic mass is 10.1. The van der Waals surface area contributed by atoms with Crippen LogP contribution < -0.4 is 16.0 Å². The van der Waals surface area contributed by atoms with E-state index in [-0.39, 0.29) is 11.7 Å². The fourth-order valence-electron chi connectivity index (χ4n) is 3.22. The molecule has 0 radical (unpaired) electrons. The number of halogens is 1. The van der Waals surface area contributed by atoms with Gasteiger partial charge in [0.1, 0.15) is 0 Å². The third-order valence-corrected chi connectivity index (χ3v) is 4.60. The molecule has 28 heavy (non-hydrogen) atoms. The summed E-state index contributed by atoms with van der Waals surface area (Å²) in [6.07, 6.45) is 1.56. The Bertz CT molecular complexity index is 798. The molecule has 2 heterocycles. The lowest BCUT2D eigenvalue weighted by Gasteiger charge is -2.33. The van der Waals surface area contributed by atoms with Crippen molar-refractivity contribution < 1.29 is 13.9 Å². The van der Waals surface area contributed by atoms with Gasteiger partial charge in [0.15, 0.2) is 5.82 Å². The second-order valence-corrected chi connectivity index (χ2v) is 6.89. The highest BCUT2D eigenvalue weighted by molar-refractivity contribution is 5.99. The summed E-state index contributed by atoms with van der Waals surface area (Å²) in [4.78, 5) is 18.5. The Kier molecular flexibility index (Phi) is 6.91. The summed E-state index contributed by atoms with van der Waals surface area (Å²) in [5.74, 6) is -0.415. The second-order valence-electron chi connectivity index (χ2n) is 6.89. The molecule has 3 rings (SSSR count). The third kappa shape index (κ3) is 5.48. The monoisotopic (exact) mass is 387 g/mol. The molecule has 0 bridgehead atoms. The van der Waals surface area contributed by atoms with Crippen molar-refractivity contribution >= 4 is 17.4 Å². The SMILES string of the molecule is COC[C@@H]1CN(Cc2cccc(NC(=O)Nc3ccc(C)nc3)c2F)CCN1. The summed E-state index contributed by atoms with van der Waals surface area (Å²) in [5, 5.41) is 8.61. The molecule has 1 atom stereocenters. The summed E-state index contributed by atoms with van der Waals surface area (Å²) in [6.45, 7) is 5.41. The van der Waals surface area contributed by atoms with E-state index >= 15 is 0 Å². The zero-order chi connectivity index (χ0) is 19.9. The van der Waals surface area contributed by atoms with Crippen molar-refractivity contribution in [3.05, 3.63) is 53.6 Å². The van der Waals surface area contributed by atoms with Crippen molar-refractivity contribution in [1.29, 1.82) is 0 Å². The van der Waals surface area contributed by atoms with E-state index < -0.39 is 11.8 Å². The number of aryl methyl sites for hydroxylation is 1. The minimum Gasteiger partial charge on any atom is -0.383 e. The molecule has 2 amide bonds. The van der Waals surface area contributed by atoms with E-state index in [1.54, 1.807) is 43.6 Å². The fraction of sp³-hybridized carbons (Fsp3) is 0.400. The molecule has 3 N–H and O–H groups in total. The van der Waals surface area contributed by atoms with Crippen LogP contribution in [-0.2, 0) is 11.3 Å². The molecule has 1 aliphatic heterocycles. The number of hydrogen-bond acceptors (Lipinski definition) is 5. The highest BCUT2D eigenvalue weighted by atomic mass is 19.1. The van der Waals surface area contributed by atoms with Crippen LogP contribution in [0.1, 0.15) is 11.3 Å². The van der Waals surface area contributed by atoms with Gasteiger partial charge in [0, 0.05) is 50.6 Å². The average Bonchev–Trinajstić information content (AvgIpc) is 2.67. The molecule has 0 aliphatic carbocycles. The number of amides is 2. The first-order valence-corrected chi connectivity index (χ1v) is 9.28. The fourth-order valence-corrected chi connectivity index (χ4v) is 3.22. The van der Waals surface area contributed by atoms with Crippen LogP contribution in [0.3, 0.4) is 0 Å². The van der Waals surface area contributed by atoms with Gasteiger partial charge in [-0.25, -0.2) is 9.18 Å². The zero-order valence-corrected chi connectivity index (χ0v) is 16.2. The summed E-state index contributed by atoms with van der Waals surface area (Å²) >= 11 is 0. The number of pyridine rings is 1. The molecule has 2 aromatic rings. The van der Waals surface area contributed by atoms with Crippen molar-refractivity contribution in [2.24, 2.45) is 0 Å². The lowest BCUT2D eigenvalue weighted by Crippen LogP contribution is -2.52. The van der Waals surface area contributed by atoms with Gasteiger partial charge in [-0.05, 0) is 25.1 Å². The molecule has 7 nitrogen and oxygen atoms in total. The molecule has 1 aromatic heterocycles. The minimum atomic E-state index is -0.510. The van der Waals surface area contributed by atoms with Crippen molar-refractivity contribution in [2.45, 2.75) is 19.5 Å². The number of benzene rings is 1. The topological polar surface area (TPSA) is 78.5 Å². The number of methoxy groups -OCH3 is 1. The van der Waals surface area contributed by atoms with Gasteiger partial charge < -0.3 is 20.7 Å². The first kappa shape index (κ1) is 20.2. The van der Waals surface area contributed by atoms with E-state index in [2.05, 4.69) is 25.8 Å². The average molecular weight is 387 g/mol. The van der Waals surface area contributed by atoms with Crippen LogP contribution in [0.25, 0.3) is 0 Å². The Morgan fingerprint density at radius 1 is 1.36 bits per heavy atom. The molecule has 1 aliphatic rings. The number of nitrogens with zero attached hydrogens (tertiary/aromatic N) is 2. The smallest absolute Gasteiger partial charge is 0.323 e. The predicted molar refractivity (Wildman–Crippen MR) is 107 cm³/mol. The highest BCUT2D eigenvalue weighted by Crippen LogP contribution is 2.20. The van der Waals surface area contributed by atoms with Gasteiger partial charge >= 0.3 is 6.03 Å². The first-order valence-electron chi connectivity index (χ1n) is 9.28. The number of hydrogen-bond donors (Lipinski definition) is 3. The van der Waals surface area contributed by atoms with Gasteiger partial charge in [0.05, 0.1) is 24.2 Å². The molecule has 1 fully saturated rings. The highest BCUT2D eigenvalue weighted by Gasteiger charge is 2.21. The van der Waals surface area contributed by atoms with E-state index in [1.165, 1.54) is 0 Å². The van der Waals surface area contributed by atoms with Crippen molar-refractivity contribution in [2.75, 3.05) is 44.0 Å². The Hall–Kier alpha value is -2.55. The Morgan fingerprint density at radius 3 is 2.96 bits per heavy atom. The van der Waals surface area contributed by atoms with Gasteiger partial charge in [0.25, 0.3) is 0 Å². The maximum Gasteiger partial charge on any atom is 0.323 e. The van der Waals surface area contributed by atoms with E-state index in [4.69, 9.17) is 4.74 Å². The number of carbonyl (C=O) groups is 1. The van der Waals surface area contributed by atoms with Crippen LogP contribution >= 0.6 is 0 Å². The molecule has 1 saturated heterocycles. The number of piperazine rings is 1. The quantitative estimate of drug-likeness (QED) is 0.710. The molecule has 1 aromatic carbocycles. The largest absolute Gasteiger partial charge is 0.383 e. The summed E-state index contributed by atoms with van der Waals surface area (Å²) < 4.78 is 20.1. The normalized spacial score (nSPS) is 17.3. The van der Waals surface area contributed by atoms with Crippen LogP contribution in [0.15, 0.2) is 36.5 Å². The molecule has 8 heteroatoms. The predicted octanol–water partition coefficient (Wildman–Crippen LogP) is 2.59. The van der Waals surface area contributed by atoms with Gasteiger partial charge in [0.2, 0.25) is 0 Å². The third-order valence-electron chi connectivity index (χ3n) is 4.60. The van der Waals surface area contributed by atoms with Crippen molar-refractivity contribution in [1.82, 2.24) is 15.2 Å². The first-order chi connectivity index (χ1) is 13.5. The van der Waals surface area contributed by atoms with E-state index in [0.29, 0.717) is 24.4 Å². The Morgan fingerprint density at radius 2 is 2.21 bits per heavy atom. The summed E-state index contributed by atoms with van der Waals surface area (Å²) in [6, 6.07) is 8.31. The zero-order valence-electron chi connectivity index (χ0n) is 16.2. The van der Waals surface area contributed by atoms with E-state index in [9.17, 15) is 9.18 Å². The van der Waals surface area contributed by atoms with Crippen LogP contribution in [0.2, 0.25) is 0 Å². The minimum absolute atomic E-state index is 0.152. The summed E-state index contributed by atoms with van der Waals surface area (Å²) in [5.41, 5.74) is 2.10. The number of aromatic nitrogens is 1. The Balaban J connectivity index is 1.62. The van der Waals surface area contributed by atoms with Crippen LogP contribution in [0.5, 0.6) is 0 Å². The lowest BCUT2D eigenvalue weighted by molar-refractivity contribution is 0.112. The number of urea groups is 1. The maximum absolute atomic E-state index is 14.9. The second kappa shape index (κ2) is 9.59. The van der Waals surface area contributed by atoms with Gasteiger partial charge in [-0.15, -0.1) is 0 Å². The summed E-state index contributed by atoms with van der Waals surface area (Å²) in [7, 11) is 1.67. The molecule has 0 unspecified atom stereocenters. The Labute approximate surface area is 164 Å². The van der Waals surface area contributed by atoms with Crippen LogP contribution in [0, 0.1) is 12.7 Å². The van der Waals surface area contributed by atoms with Crippen molar-refractivity contribution in [3.8, 4) is 0 Å². The molecular formula is C20H26FN5O2. The van der Waals surface area contributed by atoms with E-state index in [1.807, 2.05) is 6.92 Å².